The molecule has 2 atom stereocenters. The average Bonchev–Trinajstić information content (AvgIpc) is 2.00. The predicted molar refractivity (Wildman–Crippen MR) is 61.0 cm³/mol. The van der Waals surface area contributed by atoms with Gasteiger partial charge in [-0.3, -0.25) is 0 Å². The van der Waals surface area contributed by atoms with Gasteiger partial charge in [-0.1, -0.05) is 20.3 Å². The second-order valence-electron chi connectivity index (χ2n) is 4.55. The monoisotopic (exact) mass is 221 g/mol. The summed E-state index contributed by atoms with van der Waals surface area (Å²) in [4.78, 5) is 0. The molecule has 0 aliphatic heterocycles. The lowest BCUT2D eigenvalue weighted by Gasteiger charge is -2.31. The van der Waals surface area contributed by atoms with Crippen molar-refractivity contribution in [1.29, 1.82) is 0 Å². The lowest BCUT2D eigenvalue weighted by atomic mass is 9.83. The fourth-order valence-corrected chi connectivity index (χ4v) is 2.10. The van der Waals surface area contributed by atoms with Crippen LogP contribution in [0.15, 0.2) is 0 Å². The van der Waals surface area contributed by atoms with Crippen LogP contribution in [0, 0.1) is 5.92 Å². The summed E-state index contributed by atoms with van der Waals surface area (Å²) in [6, 6.07) is 0. The Morgan fingerprint density at radius 2 is 1.93 bits per heavy atom. The minimum Gasteiger partial charge on any atom is -0.325 e. The smallest absolute Gasteiger partial charge is 0.147 e. The Morgan fingerprint density at radius 1 is 1.43 bits per heavy atom. The van der Waals surface area contributed by atoms with Crippen molar-refractivity contribution >= 4 is 9.84 Å². The first-order valence-electron chi connectivity index (χ1n) is 5.15. The average molecular weight is 221 g/mol. The molecule has 0 spiro atoms. The molecule has 0 fully saturated rings. The van der Waals surface area contributed by atoms with Crippen molar-refractivity contribution in [2.24, 2.45) is 11.7 Å². The van der Waals surface area contributed by atoms with Gasteiger partial charge in [0.05, 0.1) is 0 Å². The van der Waals surface area contributed by atoms with Gasteiger partial charge in [-0.15, -0.1) is 0 Å². The number of sulfone groups is 1. The molecule has 0 bridgehead atoms. The molecule has 0 heterocycles. The van der Waals surface area contributed by atoms with Crippen molar-refractivity contribution in [2.45, 2.75) is 45.6 Å². The van der Waals surface area contributed by atoms with Crippen molar-refractivity contribution in [2.75, 3.05) is 12.0 Å². The summed E-state index contributed by atoms with van der Waals surface area (Å²) in [7, 11) is -2.83. The number of hydrogen-bond acceptors (Lipinski definition) is 3. The van der Waals surface area contributed by atoms with Gasteiger partial charge in [0, 0.05) is 17.5 Å². The van der Waals surface area contributed by atoms with Gasteiger partial charge in [0.15, 0.2) is 0 Å². The van der Waals surface area contributed by atoms with Crippen molar-refractivity contribution in [3.63, 3.8) is 0 Å². The highest BCUT2D eigenvalue weighted by Gasteiger charge is 2.24. The van der Waals surface area contributed by atoms with Gasteiger partial charge < -0.3 is 5.73 Å². The quantitative estimate of drug-likeness (QED) is 0.740. The fraction of sp³-hybridized carbons (Fsp3) is 1.00. The second-order valence-corrected chi connectivity index (χ2v) is 6.81. The summed E-state index contributed by atoms with van der Waals surface area (Å²) < 4.78 is 21.8. The van der Waals surface area contributed by atoms with E-state index in [2.05, 4.69) is 13.8 Å². The third-order valence-electron chi connectivity index (χ3n) is 2.97. The molecule has 0 aliphatic carbocycles. The Balaban J connectivity index is 4.00. The van der Waals surface area contributed by atoms with Crippen LogP contribution < -0.4 is 5.73 Å². The molecule has 0 aliphatic rings. The SMILES string of the molecule is CCC(C)C(C)(N)CCCS(C)(=O)=O. The first-order chi connectivity index (χ1) is 6.19. The highest BCUT2D eigenvalue weighted by Crippen LogP contribution is 2.22. The van der Waals surface area contributed by atoms with Crippen LogP contribution in [0.4, 0.5) is 0 Å². The van der Waals surface area contributed by atoms with Crippen LogP contribution >= 0.6 is 0 Å². The van der Waals surface area contributed by atoms with Crippen LogP contribution in [-0.4, -0.2) is 26.0 Å². The Kier molecular flexibility index (Phi) is 5.09. The summed E-state index contributed by atoms with van der Waals surface area (Å²) >= 11 is 0. The number of hydrogen-bond donors (Lipinski definition) is 1. The van der Waals surface area contributed by atoms with Crippen LogP contribution in [0.2, 0.25) is 0 Å². The van der Waals surface area contributed by atoms with Crippen LogP contribution in [-0.2, 0) is 9.84 Å². The van der Waals surface area contributed by atoms with Gasteiger partial charge in [-0.25, -0.2) is 8.42 Å². The van der Waals surface area contributed by atoms with E-state index in [1.165, 1.54) is 6.26 Å². The Morgan fingerprint density at radius 3 is 2.29 bits per heavy atom. The van der Waals surface area contributed by atoms with Crippen LogP contribution in [0.5, 0.6) is 0 Å². The third kappa shape index (κ3) is 5.60. The molecule has 0 amide bonds. The minimum absolute atomic E-state index is 0.237. The molecule has 86 valence electrons. The predicted octanol–water partition coefficient (Wildman–Crippen LogP) is 1.57. The largest absolute Gasteiger partial charge is 0.325 e. The number of rotatable bonds is 6. The molecule has 0 saturated carbocycles. The summed E-state index contributed by atoms with van der Waals surface area (Å²) in [5, 5.41) is 0. The lowest BCUT2D eigenvalue weighted by molar-refractivity contribution is 0.287. The zero-order valence-electron chi connectivity index (χ0n) is 9.71. The van der Waals surface area contributed by atoms with E-state index in [9.17, 15) is 8.42 Å². The Hall–Kier alpha value is -0.0900. The molecule has 0 radical (unpaired) electrons. The molecule has 0 aromatic heterocycles. The van der Waals surface area contributed by atoms with Crippen molar-refractivity contribution in [1.82, 2.24) is 0 Å². The van der Waals surface area contributed by atoms with E-state index < -0.39 is 9.84 Å². The van der Waals surface area contributed by atoms with Crippen molar-refractivity contribution in [3.8, 4) is 0 Å². The maximum Gasteiger partial charge on any atom is 0.147 e. The van der Waals surface area contributed by atoms with E-state index in [1.807, 2.05) is 6.92 Å². The third-order valence-corrected chi connectivity index (χ3v) is 4.00. The molecule has 14 heavy (non-hydrogen) atoms. The molecule has 3 nitrogen and oxygen atoms in total. The van der Waals surface area contributed by atoms with Gasteiger partial charge in [0.1, 0.15) is 9.84 Å². The van der Waals surface area contributed by atoms with Crippen LogP contribution in [0.25, 0.3) is 0 Å². The van der Waals surface area contributed by atoms with E-state index >= 15 is 0 Å². The minimum atomic E-state index is -2.83. The van der Waals surface area contributed by atoms with Crippen LogP contribution in [0.1, 0.15) is 40.0 Å². The molecule has 0 aromatic carbocycles. The van der Waals surface area contributed by atoms with Gasteiger partial charge in [-0.2, -0.15) is 0 Å². The number of nitrogens with two attached hydrogens (primary N) is 1. The van der Waals surface area contributed by atoms with Gasteiger partial charge >= 0.3 is 0 Å². The van der Waals surface area contributed by atoms with Crippen molar-refractivity contribution < 1.29 is 8.42 Å². The Labute approximate surface area is 88.0 Å². The Bertz CT molecular complexity index is 257. The zero-order chi connectivity index (χ0) is 11.4. The van der Waals surface area contributed by atoms with Crippen LogP contribution in [0.3, 0.4) is 0 Å². The highest BCUT2D eigenvalue weighted by molar-refractivity contribution is 7.90. The molecule has 2 unspecified atom stereocenters. The summed E-state index contributed by atoms with van der Waals surface area (Å²) in [6.07, 6.45) is 3.74. The normalized spacial score (nSPS) is 18.9. The first kappa shape index (κ1) is 13.9. The van der Waals surface area contributed by atoms with E-state index in [0.29, 0.717) is 12.3 Å². The fourth-order valence-electron chi connectivity index (χ4n) is 1.43. The molecule has 4 heteroatoms. The molecule has 0 saturated heterocycles. The summed E-state index contributed by atoms with van der Waals surface area (Å²) in [5.41, 5.74) is 5.87. The van der Waals surface area contributed by atoms with Gasteiger partial charge in [-0.05, 0) is 25.7 Å². The lowest BCUT2D eigenvalue weighted by Crippen LogP contribution is -2.42. The first-order valence-corrected chi connectivity index (χ1v) is 7.21. The molecular weight excluding hydrogens is 198 g/mol. The molecule has 2 N–H and O–H groups in total. The topological polar surface area (TPSA) is 60.2 Å². The molecule has 0 rings (SSSR count). The van der Waals surface area contributed by atoms with Crippen molar-refractivity contribution in [3.05, 3.63) is 0 Å². The highest BCUT2D eigenvalue weighted by atomic mass is 32.2. The molecule has 0 aromatic rings. The zero-order valence-corrected chi connectivity index (χ0v) is 10.5. The standard InChI is InChI=1S/C10H23NO2S/c1-5-9(2)10(3,11)7-6-8-14(4,12)13/h9H,5-8,11H2,1-4H3. The summed E-state index contributed by atoms with van der Waals surface area (Å²) in [6.45, 7) is 6.22. The van der Waals surface area contributed by atoms with Gasteiger partial charge in [0.2, 0.25) is 0 Å². The maximum absolute atomic E-state index is 10.9. The maximum atomic E-state index is 10.9. The van der Waals surface area contributed by atoms with E-state index in [-0.39, 0.29) is 11.3 Å². The second kappa shape index (κ2) is 5.12. The van der Waals surface area contributed by atoms with E-state index in [4.69, 9.17) is 5.73 Å². The summed E-state index contributed by atoms with van der Waals surface area (Å²) in [5.74, 6) is 0.679. The van der Waals surface area contributed by atoms with Gasteiger partial charge in [0.25, 0.3) is 0 Å². The van der Waals surface area contributed by atoms with E-state index in [0.717, 1.165) is 12.8 Å². The molecular formula is C10H23NO2S. The van der Waals surface area contributed by atoms with E-state index in [1.54, 1.807) is 0 Å².